The molecular formula is C15H22BrN5O. The smallest absolute Gasteiger partial charge is 0.205 e. The van der Waals surface area contributed by atoms with Crippen molar-refractivity contribution in [3.8, 4) is 0 Å². The molecule has 0 radical (unpaired) electrons. The molecule has 4 heterocycles. The summed E-state index contributed by atoms with van der Waals surface area (Å²) in [6.45, 7) is 5.51. The molecule has 2 aromatic rings. The molecule has 0 aliphatic carbocycles. The van der Waals surface area contributed by atoms with Crippen LogP contribution in [0.15, 0.2) is 12.3 Å². The molecule has 0 atom stereocenters. The lowest BCUT2D eigenvalue weighted by atomic mass is 9.90. The van der Waals surface area contributed by atoms with E-state index < -0.39 is 0 Å². The molecule has 0 spiro atoms. The van der Waals surface area contributed by atoms with E-state index >= 15 is 0 Å². The second-order valence-corrected chi connectivity index (χ2v) is 5.78. The second-order valence-electron chi connectivity index (χ2n) is 5.78. The molecule has 4 rings (SSSR count). The number of aromatic amines is 1. The van der Waals surface area contributed by atoms with Crippen molar-refractivity contribution >= 4 is 34.1 Å². The number of pyridine rings is 1. The summed E-state index contributed by atoms with van der Waals surface area (Å²) in [6, 6.07) is 2.14. The second kappa shape index (κ2) is 6.93. The van der Waals surface area contributed by atoms with E-state index in [0.29, 0.717) is 5.92 Å². The van der Waals surface area contributed by atoms with Crippen molar-refractivity contribution < 1.29 is 4.74 Å². The number of halogens is 1. The molecule has 2 saturated heterocycles. The molecular weight excluding hydrogens is 346 g/mol. The van der Waals surface area contributed by atoms with Gasteiger partial charge in [-0.1, -0.05) is 0 Å². The van der Waals surface area contributed by atoms with E-state index in [1.54, 1.807) is 0 Å². The van der Waals surface area contributed by atoms with Gasteiger partial charge in [-0.2, -0.15) is 0 Å². The van der Waals surface area contributed by atoms with Crippen molar-refractivity contribution in [1.29, 1.82) is 0 Å². The van der Waals surface area contributed by atoms with Gasteiger partial charge in [0, 0.05) is 19.3 Å². The number of hydrogen-bond acceptors (Lipinski definition) is 5. The van der Waals surface area contributed by atoms with Gasteiger partial charge < -0.3 is 19.9 Å². The van der Waals surface area contributed by atoms with Crippen molar-refractivity contribution in [1.82, 2.24) is 20.3 Å². The predicted molar refractivity (Wildman–Crippen MR) is 92.1 cm³/mol. The van der Waals surface area contributed by atoms with Gasteiger partial charge in [-0.25, -0.2) is 9.97 Å². The van der Waals surface area contributed by atoms with Crippen LogP contribution >= 0.6 is 17.0 Å². The minimum Gasteiger partial charge on any atom is -0.378 e. The van der Waals surface area contributed by atoms with E-state index in [9.17, 15) is 0 Å². The number of H-pyrrole nitrogens is 1. The number of anilines is 1. The summed E-state index contributed by atoms with van der Waals surface area (Å²) in [5.41, 5.74) is 3.30. The molecule has 6 nitrogen and oxygen atoms in total. The van der Waals surface area contributed by atoms with Crippen LogP contribution in [-0.4, -0.2) is 54.3 Å². The third-order valence-corrected chi connectivity index (χ3v) is 4.49. The number of ether oxygens (including phenoxy) is 1. The Labute approximate surface area is 140 Å². The maximum atomic E-state index is 5.41. The van der Waals surface area contributed by atoms with Crippen molar-refractivity contribution in [2.45, 2.75) is 18.8 Å². The molecule has 0 saturated carbocycles. The summed E-state index contributed by atoms with van der Waals surface area (Å²) >= 11 is 0. The quantitative estimate of drug-likeness (QED) is 0.847. The zero-order valence-electron chi connectivity index (χ0n) is 12.5. The molecule has 0 aromatic carbocycles. The van der Waals surface area contributed by atoms with Crippen LogP contribution < -0.4 is 10.2 Å². The summed E-state index contributed by atoms with van der Waals surface area (Å²) < 4.78 is 5.41. The van der Waals surface area contributed by atoms with Crippen molar-refractivity contribution in [3.05, 3.63) is 17.8 Å². The van der Waals surface area contributed by atoms with Gasteiger partial charge in [0.25, 0.3) is 0 Å². The van der Waals surface area contributed by atoms with E-state index in [4.69, 9.17) is 9.72 Å². The normalized spacial score (nSPS) is 20.1. The molecule has 0 unspecified atom stereocenters. The summed E-state index contributed by atoms with van der Waals surface area (Å²) in [7, 11) is 0. The van der Waals surface area contributed by atoms with Crippen LogP contribution in [0.5, 0.6) is 0 Å². The lowest BCUT2D eigenvalue weighted by molar-refractivity contribution is 0.122. The van der Waals surface area contributed by atoms with Crippen LogP contribution in [0.4, 0.5) is 5.95 Å². The van der Waals surface area contributed by atoms with Crippen LogP contribution in [-0.2, 0) is 4.74 Å². The first-order valence-corrected chi connectivity index (χ1v) is 7.80. The Hall–Kier alpha value is -1.18. The Kier molecular flexibility index (Phi) is 4.95. The van der Waals surface area contributed by atoms with E-state index in [-0.39, 0.29) is 17.0 Å². The Morgan fingerprint density at radius 2 is 1.95 bits per heavy atom. The van der Waals surface area contributed by atoms with E-state index in [2.05, 4.69) is 26.3 Å². The zero-order valence-corrected chi connectivity index (χ0v) is 14.3. The number of aromatic nitrogens is 3. The van der Waals surface area contributed by atoms with Gasteiger partial charge in [-0.3, -0.25) is 0 Å². The molecule has 120 valence electrons. The van der Waals surface area contributed by atoms with Gasteiger partial charge in [0.05, 0.1) is 13.2 Å². The number of rotatable bonds is 2. The largest absolute Gasteiger partial charge is 0.378 e. The Bertz CT molecular complexity index is 619. The average molecular weight is 368 g/mol. The fourth-order valence-corrected chi connectivity index (χ4v) is 3.30. The highest BCUT2D eigenvalue weighted by molar-refractivity contribution is 8.93. The first-order valence-electron chi connectivity index (χ1n) is 7.80. The van der Waals surface area contributed by atoms with E-state index in [0.717, 1.165) is 56.5 Å². The minimum atomic E-state index is 0. The van der Waals surface area contributed by atoms with Crippen molar-refractivity contribution in [2.24, 2.45) is 0 Å². The first kappa shape index (κ1) is 15.7. The van der Waals surface area contributed by atoms with Crippen LogP contribution in [0, 0.1) is 0 Å². The molecule has 0 bridgehead atoms. The van der Waals surface area contributed by atoms with Gasteiger partial charge >= 0.3 is 0 Å². The number of fused-ring (bicyclic) bond motifs is 1. The van der Waals surface area contributed by atoms with Gasteiger partial charge in [-0.05, 0) is 43.5 Å². The number of morpholine rings is 1. The van der Waals surface area contributed by atoms with Crippen LogP contribution in [0.1, 0.15) is 24.3 Å². The topological polar surface area (TPSA) is 66.1 Å². The minimum absolute atomic E-state index is 0. The lowest BCUT2D eigenvalue weighted by Crippen LogP contribution is -2.36. The highest BCUT2D eigenvalue weighted by Gasteiger charge is 2.21. The summed E-state index contributed by atoms with van der Waals surface area (Å²) in [4.78, 5) is 14.9. The van der Waals surface area contributed by atoms with Gasteiger partial charge in [0.1, 0.15) is 5.52 Å². The summed E-state index contributed by atoms with van der Waals surface area (Å²) in [5, 5.41) is 3.42. The van der Waals surface area contributed by atoms with Crippen LogP contribution in [0.2, 0.25) is 0 Å². The van der Waals surface area contributed by atoms with Gasteiger partial charge in [-0.15, -0.1) is 17.0 Å². The molecule has 0 amide bonds. The summed E-state index contributed by atoms with van der Waals surface area (Å²) in [6.07, 6.45) is 4.26. The van der Waals surface area contributed by atoms with Crippen LogP contribution in [0.25, 0.3) is 11.2 Å². The standard InChI is InChI=1S/C15H21N5O.BrH/c1-4-16-5-2-11(1)12-3-6-17-14-13(12)18-15(19-14)20-7-9-21-10-8-20;/h3,6,11,16H,1-2,4-5,7-10H2,(H,17,18,19);1H. The first-order chi connectivity index (χ1) is 10.4. The van der Waals surface area contributed by atoms with E-state index in [1.165, 1.54) is 18.4 Å². The number of piperidine rings is 1. The Balaban J connectivity index is 0.00000144. The maximum absolute atomic E-state index is 5.41. The Morgan fingerprint density at radius 3 is 2.73 bits per heavy atom. The highest BCUT2D eigenvalue weighted by Crippen LogP contribution is 2.30. The monoisotopic (exact) mass is 367 g/mol. The Morgan fingerprint density at radius 1 is 1.18 bits per heavy atom. The fourth-order valence-electron chi connectivity index (χ4n) is 3.30. The lowest BCUT2D eigenvalue weighted by Gasteiger charge is -2.26. The highest BCUT2D eigenvalue weighted by atomic mass is 79.9. The number of hydrogen-bond donors (Lipinski definition) is 2. The fraction of sp³-hybridized carbons (Fsp3) is 0.600. The van der Waals surface area contributed by atoms with Crippen LogP contribution in [0.3, 0.4) is 0 Å². The average Bonchev–Trinajstić information content (AvgIpc) is 3.00. The molecule has 22 heavy (non-hydrogen) atoms. The molecule has 2 aromatic heterocycles. The molecule has 7 heteroatoms. The number of nitrogens with one attached hydrogen (secondary N) is 2. The third kappa shape index (κ3) is 2.98. The zero-order chi connectivity index (χ0) is 14.1. The molecule has 2 N–H and O–H groups in total. The van der Waals surface area contributed by atoms with Crippen molar-refractivity contribution in [3.63, 3.8) is 0 Å². The third-order valence-electron chi connectivity index (χ3n) is 4.49. The maximum Gasteiger partial charge on any atom is 0.205 e. The van der Waals surface area contributed by atoms with Crippen molar-refractivity contribution in [2.75, 3.05) is 44.3 Å². The predicted octanol–water partition coefficient (Wildman–Crippen LogP) is 1.84. The SMILES string of the molecule is Br.c1cc(C2CCNCC2)c2nc(N3CCOCC3)[nH]c2n1. The van der Waals surface area contributed by atoms with Gasteiger partial charge in [0.2, 0.25) is 5.95 Å². The summed E-state index contributed by atoms with van der Waals surface area (Å²) in [5.74, 6) is 1.53. The number of nitrogens with zero attached hydrogens (tertiary/aromatic N) is 3. The molecule has 2 aliphatic rings. The van der Waals surface area contributed by atoms with E-state index in [1.807, 2.05) is 6.20 Å². The van der Waals surface area contributed by atoms with Gasteiger partial charge in [0.15, 0.2) is 5.65 Å². The molecule has 2 aliphatic heterocycles. The number of imidazole rings is 1. The molecule has 2 fully saturated rings.